The molecule has 0 radical (unpaired) electrons. The van der Waals surface area contributed by atoms with E-state index in [1.165, 1.54) is 17.8 Å². The third kappa shape index (κ3) is 6.84. The first kappa shape index (κ1) is 24.8. The lowest BCUT2D eigenvalue weighted by Gasteiger charge is -2.20. The lowest BCUT2D eigenvalue weighted by molar-refractivity contribution is -0.113. The summed E-state index contributed by atoms with van der Waals surface area (Å²) >= 11 is 15.5. The van der Waals surface area contributed by atoms with Crippen molar-refractivity contribution in [3.8, 4) is 0 Å². The molecule has 0 aliphatic heterocycles. The Hall–Kier alpha value is -1.82. The molecule has 0 aliphatic rings. The van der Waals surface area contributed by atoms with Crippen LogP contribution in [0.25, 0.3) is 0 Å². The number of H-pyrrole nitrogens is 1. The molecule has 2 aromatic carbocycles. The second-order valence-electron chi connectivity index (χ2n) is 7.17. The molecule has 7 nitrogen and oxygen atoms in total. The highest BCUT2D eigenvalue weighted by molar-refractivity contribution is 14.1. The number of halogens is 3. The average molecular weight is 604 g/mol. The maximum Gasteiger partial charge on any atom is 0.253 e. The summed E-state index contributed by atoms with van der Waals surface area (Å²) in [5.74, 6) is 0.183. The van der Waals surface area contributed by atoms with Gasteiger partial charge in [-0.15, -0.1) is 5.10 Å². The standard InChI is InChI=1S/C21H20Cl2IN5O2S/c1-11(2)18(26-20(31)15-8-3-12(22)9-16(15)23)19-27-21(29-28-19)32-10-17(30)25-14-6-4-13(24)5-7-14/h3-9,11,18H,10H2,1-2H3,(H,25,30)(H,26,31)(H,27,28,29)/t18-/m1/s1. The summed E-state index contributed by atoms with van der Waals surface area (Å²) in [6.07, 6.45) is 0. The van der Waals surface area contributed by atoms with E-state index >= 15 is 0 Å². The van der Waals surface area contributed by atoms with Gasteiger partial charge in [0, 0.05) is 14.3 Å². The van der Waals surface area contributed by atoms with Crippen LogP contribution in [-0.2, 0) is 4.79 Å². The first-order valence-electron chi connectivity index (χ1n) is 9.59. The minimum atomic E-state index is -0.420. The zero-order valence-electron chi connectivity index (χ0n) is 17.2. The van der Waals surface area contributed by atoms with Gasteiger partial charge in [0.25, 0.3) is 5.91 Å². The van der Waals surface area contributed by atoms with E-state index in [0.717, 1.165) is 9.26 Å². The van der Waals surface area contributed by atoms with E-state index in [9.17, 15) is 9.59 Å². The molecule has 11 heteroatoms. The Morgan fingerprint density at radius 1 is 1.16 bits per heavy atom. The van der Waals surface area contributed by atoms with Gasteiger partial charge >= 0.3 is 0 Å². The molecule has 1 heterocycles. The zero-order valence-corrected chi connectivity index (χ0v) is 21.6. The van der Waals surface area contributed by atoms with E-state index < -0.39 is 6.04 Å². The fraction of sp³-hybridized carbons (Fsp3) is 0.238. The van der Waals surface area contributed by atoms with E-state index in [1.807, 2.05) is 38.1 Å². The molecule has 0 saturated carbocycles. The van der Waals surface area contributed by atoms with Crippen LogP contribution in [0.4, 0.5) is 5.69 Å². The predicted octanol–water partition coefficient (Wildman–Crippen LogP) is 5.57. The highest BCUT2D eigenvalue weighted by atomic mass is 127. The van der Waals surface area contributed by atoms with Gasteiger partial charge in [0.2, 0.25) is 11.1 Å². The Morgan fingerprint density at radius 2 is 1.88 bits per heavy atom. The minimum Gasteiger partial charge on any atom is -0.342 e. The number of rotatable bonds is 8. The lowest BCUT2D eigenvalue weighted by atomic mass is 10.0. The van der Waals surface area contributed by atoms with E-state index in [-0.39, 0.29) is 28.5 Å². The number of nitrogens with zero attached hydrogens (tertiary/aromatic N) is 2. The van der Waals surface area contributed by atoms with Gasteiger partial charge in [0.1, 0.15) is 5.82 Å². The smallest absolute Gasteiger partial charge is 0.253 e. The second kappa shape index (κ2) is 11.4. The number of carbonyl (C=O) groups is 2. The topological polar surface area (TPSA) is 99.8 Å². The molecule has 0 unspecified atom stereocenters. The summed E-state index contributed by atoms with van der Waals surface area (Å²) in [6, 6.07) is 11.8. The second-order valence-corrected chi connectivity index (χ2v) is 10.2. The molecule has 3 N–H and O–H groups in total. The normalized spacial score (nSPS) is 11.9. The highest BCUT2D eigenvalue weighted by Gasteiger charge is 2.24. The summed E-state index contributed by atoms with van der Waals surface area (Å²) < 4.78 is 1.09. The number of aromatic nitrogens is 3. The molecule has 32 heavy (non-hydrogen) atoms. The molecule has 3 aromatic rings. The van der Waals surface area contributed by atoms with Crippen LogP contribution in [-0.4, -0.2) is 32.7 Å². The molecular weight excluding hydrogens is 584 g/mol. The number of carbonyl (C=O) groups excluding carboxylic acids is 2. The van der Waals surface area contributed by atoms with Crippen molar-refractivity contribution in [2.24, 2.45) is 5.92 Å². The summed E-state index contributed by atoms with van der Waals surface area (Å²) in [6.45, 7) is 3.91. The van der Waals surface area contributed by atoms with Gasteiger partial charge in [-0.3, -0.25) is 14.7 Å². The summed E-state index contributed by atoms with van der Waals surface area (Å²) in [7, 11) is 0. The first-order valence-corrected chi connectivity index (χ1v) is 12.4. The maximum absolute atomic E-state index is 12.7. The summed E-state index contributed by atoms with van der Waals surface area (Å²) in [5, 5.41) is 13.9. The Kier molecular flexibility index (Phi) is 8.80. The van der Waals surface area contributed by atoms with Crippen LogP contribution >= 0.6 is 57.6 Å². The van der Waals surface area contributed by atoms with E-state index in [1.54, 1.807) is 12.1 Å². The van der Waals surface area contributed by atoms with Crippen molar-refractivity contribution in [2.75, 3.05) is 11.1 Å². The number of amides is 2. The molecule has 1 aromatic heterocycles. The monoisotopic (exact) mass is 603 g/mol. The molecule has 168 valence electrons. The third-order valence-electron chi connectivity index (χ3n) is 4.37. The van der Waals surface area contributed by atoms with Crippen LogP contribution in [0, 0.1) is 9.49 Å². The van der Waals surface area contributed by atoms with Gasteiger partial charge < -0.3 is 10.6 Å². The number of thioether (sulfide) groups is 1. The predicted molar refractivity (Wildman–Crippen MR) is 136 cm³/mol. The third-order valence-corrected chi connectivity index (χ3v) is 6.48. The van der Waals surface area contributed by atoms with E-state index in [0.29, 0.717) is 21.6 Å². The van der Waals surface area contributed by atoms with Crippen molar-refractivity contribution >= 4 is 75.1 Å². The maximum atomic E-state index is 12.7. The van der Waals surface area contributed by atoms with Crippen LogP contribution in [0.5, 0.6) is 0 Å². The van der Waals surface area contributed by atoms with Crippen molar-refractivity contribution in [3.05, 3.63) is 67.5 Å². The number of aromatic amines is 1. The molecule has 0 saturated heterocycles. The number of hydrogen-bond acceptors (Lipinski definition) is 5. The van der Waals surface area contributed by atoms with E-state index in [2.05, 4.69) is 48.4 Å². The average Bonchev–Trinajstić information content (AvgIpc) is 3.20. The molecule has 0 fully saturated rings. The molecule has 1 atom stereocenters. The first-order chi connectivity index (χ1) is 15.2. The number of anilines is 1. The molecule has 2 amide bonds. The molecule has 0 bridgehead atoms. The highest BCUT2D eigenvalue weighted by Crippen LogP contribution is 2.25. The van der Waals surface area contributed by atoms with Gasteiger partial charge in [-0.2, -0.15) is 0 Å². The van der Waals surface area contributed by atoms with Crippen molar-refractivity contribution in [1.29, 1.82) is 0 Å². The van der Waals surface area contributed by atoms with Crippen molar-refractivity contribution in [2.45, 2.75) is 25.0 Å². The summed E-state index contributed by atoms with van der Waals surface area (Å²) in [4.78, 5) is 29.4. The Labute approximate surface area is 213 Å². The van der Waals surface area contributed by atoms with Crippen LogP contribution in [0.1, 0.15) is 36.1 Å². The number of benzene rings is 2. The Morgan fingerprint density at radius 3 is 2.53 bits per heavy atom. The van der Waals surface area contributed by atoms with Gasteiger partial charge in [-0.05, 0) is 71.0 Å². The lowest BCUT2D eigenvalue weighted by Crippen LogP contribution is -2.32. The van der Waals surface area contributed by atoms with E-state index in [4.69, 9.17) is 23.2 Å². The molecular formula is C21H20Cl2IN5O2S. The van der Waals surface area contributed by atoms with Crippen LogP contribution in [0.15, 0.2) is 47.6 Å². The van der Waals surface area contributed by atoms with Gasteiger partial charge in [-0.25, -0.2) is 4.98 Å². The van der Waals surface area contributed by atoms with Crippen LogP contribution < -0.4 is 10.6 Å². The minimum absolute atomic E-state index is 0.0278. The SMILES string of the molecule is CC(C)[C@@H](NC(=O)c1ccc(Cl)cc1Cl)c1nc(SCC(=O)Nc2ccc(I)cc2)n[nH]1. The fourth-order valence-corrected chi connectivity index (χ4v) is 4.22. The number of hydrogen-bond donors (Lipinski definition) is 3. The molecule has 0 spiro atoms. The molecule has 0 aliphatic carbocycles. The van der Waals surface area contributed by atoms with Crippen molar-refractivity contribution < 1.29 is 9.59 Å². The fourth-order valence-electron chi connectivity index (χ4n) is 2.77. The Balaban J connectivity index is 1.61. The summed E-state index contributed by atoms with van der Waals surface area (Å²) in [5.41, 5.74) is 1.05. The number of nitrogens with one attached hydrogen (secondary N) is 3. The Bertz CT molecular complexity index is 1110. The quantitative estimate of drug-likeness (QED) is 0.231. The van der Waals surface area contributed by atoms with Gasteiger partial charge in [0.05, 0.1) is 22.4 Å². The van der Waals surface area contributed by atoms with Crippen molar-refractivity contribution in [1.82, 2.24) is 20.5 Å². The zero-order chi connectivity index (χ0) is 23.3. The van der Waals surface area contributed by atoms with Gasteiger partial charge in [0.15, 0.2) is 0 Å². The largest absolute Gasteiger partial charge is 0.342 e. The van der Waals surface area contributed by atoms with Crippen LogP contribution in [0.2, 0.25) is 10.0 Å². The molecule has 3 rings (SSSR count). The van der Waals surface area contributed by atoms with Crippen LogP contribution in [0.3, 0.4) is 0 Å². The van der Waals surface area contributed by atoms with Crippen molar-refractivity contribution in [3.63, 3.8) is 0 Å². The van der Waals surface area contributed by atoms with Gasteiger partial charge in [-0.1, -0.05) is 48.8 Å².